The van der Waals surface area contributed by atoms with Crippen LogP contribution in [-0.4, -0.2) is 43.3 Å². The number of rotatable bonds is 42. The Morgan fingerprint density at radius 1 is 0.509 bits per heavy atom. The van der Waals surface area contributed by atoms with E-state index < -0.39 is 26.5 Å². The quantitative estimate of drug-likeness (QED) is 0.0281. The number of carbonyl (C=O) groups is 2. The number of hydrogen-bond acceptors (Lipinski definition) is 7. The fraction of sp³-hybridized carbons (Fsp3) is 0.826. The molecule has 322 valence electrons. The van der Waals surface area contributed by atoms with Crippen LogP contribution in [0.25, 0.3) is 0 Å². The number of allylic oxidation sites excluding steroid dienone is 6. The summed E-state index contributed by atoms with van der Waals surface area (Å²) in [7, 11) is -3.20. The van der Waals surface area contributed by atoms with Crippen LogP contribution in [0.3, 0.4) is 0 Å². The van der Waals surface area contributed by atoms with Crippen LogP contribution < -0.4 is 0 Å². The summed E-state index contributed by atoms with van der Waals surface area (Å²) in [6.07, 6.45) is 49.1. The fourth-order valence-electron chi connectivity index (χ4n) is 6.33. The van der Waals surface area contributed by atoms with Crippen LogP contribution in [0.5, 0.6) is 0 Å². The van der Waals surface area contributed by atoms with Crippen molar-refractivity contribution < 1.29 is 37.6 Å². The molecular formula is C46H85O8P. The lowest BCUT2D eigenvalue weighted by atomic mass is 10.1. The minimum atomic E-state index is -4.26. The van der Waals surface area contributed by atoms with Crippen molar-refractivity contribution in [3.8, 4) is 0 Å². The highest BCUT2D eigenvalue weighted by molar-refractivity contribution is 7.47. The second-order valence-electron chi connectivity index (χ2n) is 15.2. The summed E-state index contributed by atoms with van der Waals surface area (Å²) in [6, 6.07) is 0. The van der Waals surface area contributed by atoms with E-state index >= 15 is 0 Å². The average molecular weight is 797 g/mol. The third-order valence-corrected chi connectivity index (χ3v) is 10.8. The van der Waals surface area contributed by atoms with Gasteiger partial charge in [0.1, 0.15) is 6.61 Å². The Labute approximate surface area is 338 Å². The van der Waals surface area contributed by atoms with Crippen molar-refractivity contribution in [1.82, 2.24) is 0 Å². The number of carbonyl (C=O) groups excluding carboxylic acids is 2. The van der Waals surface area contributed by atoms with Crippen molar-refractivity contribution in [1.29, 1.82) is 0 Å². The van der Waals surface area contributed by atoms with Gasteiger partial charge in [-0.25, -0.2) is 4.57 Å². The molecule has 0 spiro atoms. The molecule has 0 bridgehead atoms. The predicted octanol–water partition coefficient (Wildman–Crippen LogP) is 14.4. The second kappa shape index (κ2) is 41.9. The maximum Gasteiger partial charge on any atom is 0.472 e. The molecule has 9 heteroatoms. The molecule has 2 atom stereocenters. The van der Waals surface area contributed by atoms with Crippen LogP contribution in [0, 0.1) is 0 Å². The van der Waals surface area contributed by atoms with E-state index in [1.165, 1.54) is 135 Å². The monoisotopic (exact) mass is 797 g/mol. The van der Waals surface area contributed by atoms with Gasteiger partial charge >= 0.3 is 19.8 Å². The summed E-state index contributed by atoms with van der Waals surface area (Å²) in [5.41, 5.74) is 0. The zero-order valence-corrected chi connectivity index (χ0v) is 36.7. The first-order valence-electron chi connectivity index (χ1n) is 22.7. The second-order valence-corrected chi connectivity index (χ2v) is 16.7. The van der Waals surface area contributed by atoms with Crippen molar-refractivity contribution in [2.75, 3.05) is 20.3 Å². The van der Waals surface area contributed by atoms with Crippen LogP contribution in [0.4, 0.5) is 0 Å². The van der Waals surface area contributed by atoms with Crippen molar-refractivity contribution in [3.05, 3.63) is 36.5 Å². The molecule has 8 nitrogen and oxygen atoms in total. The van der Waals surface area contributed by atoms with Crippen molar-refractivity contribution in [2.24, 2.45) is 0 Å². The highest BCUT2D eigenvalue weighted by atomic mass is 31.2. The zero-order valence-electron chi connectivity index (χ0n) is 35.8. The van der Waals surface area contributed by atoms with Gasteiger partial charge in [-0.05, 0) is 70.6 Å². The Kier molecular flexibility index (Phi) is 40.6. The Bertz CT molecular complexity index is 994. The van der Waals surface area contributed by atoms with E-state index in [1.807, 2.05) is 0 Å². The number of phosphoric ester groups is 1. The van der Waals surface area contributed by atoms with Crippen LogP contribution in [0.2, 0.25) is 0 Å². The zero-order chi connectivity index (χ0) is 40.3. The van der Waals surface area contributed by atoms with Crippen LogP contribution in [0.15, 0.2) is 36.5 Å². The predicted molar refractivity (Wildman–Crippen MR) is 230 cm³/mol. The van der Waals surface area contributed by atoms with Gasteiger partial charge in [0.05, 0.1) is 6.61 Å². The SMILES string of the molecule is CCCCC/C=C\C/C=C\CCCCCCCCCC(=O)OC(COC(=O)CCCCCCCCCCC/C=C\CCCCCCCC)COP(=O)(O)OC. The van der Waals surface area contributed by atoms with Crippen molar-refractivity contribution in [3.63, 3.8) is 0 Å². The number of ether oxygens (including phenoxy) is 2. The van der Waals surface area contributed by atoms with Crippen LogP contribution in [0.1, 0.15) is 219 Å². The lowest BCUT2D eigenvalue weighted by Gasteiger charge is -2.19. The molecule has 0 radical (unpaired) electrons. The normalized spacial score (nSPS) is 13.6. The lowest BCUT2D eigenvalue weighted by molar-refractivity contribution is -0.161. The maximum atomic E-state index is 12.5. The van der Waals surface area contributed by atoms with Gasteiger partial charge in [-0.3, -0.25) is 18.6 Å². The molecule has 0 fully saturated rings. The van der Waals surface area contributed by atoms with E-state index in [-0.39, 0.29) is 25.4 Å². The molecule has 55 heavy (non-hydrogen) atoms. The maximum absolute atomic E-state index is 12.5. The smallest absolute Gasteiger partial charge is 0.462 e. The number of phosphoric acid groups is 1. The van der Waals surface area contributed by atoms with E-state index in [1.54, 1.807) is 0 Å². The average Bonchev–Trinajstić information content (AvgIpc) is 3.18. The summed E-state index contributed by atoms with van der Waals surface area (Å²) in [6.45, 7) is 3.87. The van der Waals surface area contributed by atoms with Gasteiger partial charge < -0.3 is 14.4 Å². The minimum Gasteiger partial charge on any atom is -0.462 e. The highest BCUT2D eigenvalue weighted by Crippen LogP contribution is 2.42. The first-order valence-corrected chi connectivity index (χ1v) is 24.2. The van der Waals surface area contributed by atoms with Crippen LogP contribution >= 0.6 is 7.82 Å². The summed E-state index contributed by atoms with van der Waals surface area (Å²) < 4.78 is 32.0. The molecule has 2 unspecified atom stereocenters. The highest BCUT2D eigenvalue weighted by Gasteiger charge is 2.24. The van der Waals surface area contributed by atoms with E-state index in [4.69, 9.17) is 14.0 Å². The summed E-state index contributed by atoms with van der Waals surface area (Å²) >= 11 is 0. The van der Waals surface area contributed by atoms with Gasteiger partial charge in [-0.15, -0.1) is 0 Å². The Morgan fingerprint density at radius 2 is 0.873 bits per heavy atom. The molecular weight excluding hydrogens is 711 g/mol. The largest absolute Gasteiger partial charge is 0.472 e. The van der Waals surface area contributed by atoms with E-state index in [0.29, 0.717) is 6.42 Å². The first kappa shape index (κ1) is 53.3. The summed E-state index contributed by atoms with van der Waals surface area (Å²) in [5.74, 6) is -0.810. The molecule has 0 aliphatic carbocycles. The summed E-state index contributed by atoms with van der Waals surface area (Å²) in [4.78, 5) is 34.5. The standard InChI is InChI=1S/C46H85O8P/c1-4-6-8-10-12-14-16-18-20-22-23-25-26-28-30-32-34-36-38-40-45(47)52-42-44(43-53-55(49,50)51-3)54-46(48)41-39-37-35-33-31-29-27-24-21-19-17-15-13-11-9-7-5-2/h13,15,18-21,44H,4-12,14,16-17,22-43H2,1-3H3,(H,49,50)/b15-13-,20-18-,21-19-. The molecule has 0 aliphatic rings. The van der Waals surface area contributed by atoms with Gasteiger partial charge in [-0.2, -0.15) is 0 Å². The topological polar surface area (TPSA) is 108 Å². The molecule has 0 aromatic carbocycles. The molecule has 0 saturated heterocycles. The Morgan fingerprint density at radius 3 is 1.33 bits per heavy atom. The fourth-order valence-corrected chi connectivity index (χ4v) is 6.79. The molecule has 0 rings (SSSR count). The molecule has 0 aromatic heterocycles. The Hall–Kier alpha value is -1.73. The van der Waals surface area contributed by atoms with Gasteiger partial charge in [0.2, 0.25) is 0 Å². The number of esters is 2. The molecule has 0 heterocycles. The van der Waals surface area contributed by atoms with Crippen molar-refractivity contribution >= 4 is 19.8 Å². The van der Waals surface area contributed by atoms with Crippen LogP contribution in [-0.2, 0) is 32.7 Å². The molecule has 0 aromatic rings. The molecule has 0 amide bonds. The Balaban J connectivity index is 3.97. The van der Waals surface area contributed by atoms with Gasteiger partial charge in [0.25, 0.3) is 0 Å². The van der Waals surface area contributed by atoms with Crippen molar-refractivity contribution in [2.45, 2.75) is 225 Å². The summed E-state index contributed by atoms with van der Waals surface area (Å²) in [5, 5.41) is 0. The molecule has 1 N–H and O–H groups in total. The number of unbranched alkanes of at least 4 members (excludes halogenated alkanes) is 25. The number of hydrogen-bond donors (Lipinski definition) is 1. The third-order valence-electron chi connectivity index (χ3n) is 9.86. The first-order chi connectivity index (χ1) is 26.8. The molecule has 0 saturated carbocycles. The van der Waals surface area contributed by atoms with E-state index in [9.17, 15) is 19.0 Å². The van der Waals surface area contributed by atoms with E-state index in [0.717, 1.165) is 58.5 Å². The minimum absolute atomic E-state index is 0.228. The van der Waals surface area contributed by atoms with E-state index in [2.05, 4.69) is 54.8 Å². The van der Waals surface area contributed by atoms with Gasteiger partial charge in [0.15, 0.2) is 6.10 Å². The van der Waals surface area contributed by atoms with Gasteiger partial charge in [0, 0.05) is 20.0 Å². The van der Waals surface area contributed by atoms with Gasteiger partial charge in [-0.1, -0.05) is 172 Å². The molecule has 0 aliphatic heterocycles. The third kappa shape index (κ3) is 41.7. The lowest BCUT2D eigenvalue weighted by Crippen LogP contribution is -2.29.